The highest BCUT2D eigenvalue weighted by atomic mass is 35.5. The summed E-state index contributed by atoms with van der Waals surface area (Å²) < 4.78 is 66.9. The maximum absolute atomic E-state index is 13.9. The molecule has 3 aliphatic carbocycles. The lowest BCUT2D eigenvalue weighted by molar-refractivity contribution is -0.151. The van der Waals surface area contributed by atoms with Crippen molar-refractivity contribution in [2.75, 3.05) is 6.54 Å². The number of sulfonamides is 1. The molecule has 2 aromatic rings. The highest BCUT2D eigenvalue weighted by molar-refractivity contribution is 7.89. The first-order chi connectivity index (χ1) is 18.6. The predicted octanol–water partition coefficient (Wildman–Crippen LogP) is 5.32. The summed E-state index contributed by atoms with van der Waals surface area (Å²) in [6.45, 7) is 3.12. The van der Waals surface area contributed by atoms with E-state index in [1.165, 1.54) is 4.31 Å². The number of carbonyl (C=O) groups is 1. The maximum Gasteiger partial charge on any atom is 0.390 e. The van der Waals surface area contributed by atoms with Gasteiger partial charge in [-0.3, -0.25) is 9.79 Å². The van der Waals surface area contributed by atoms with Gasteiger partial charge in [-0.05, 0) is 62.9 Å². The fourth-order valence-electron chi connectivity index (χ4n) is 6.06. The number of nitrogens with one attached hydrogen (secondary N) is 2. The van der Waals surface area contributed by atoms with Gasteiger partial charge in [-0.25, -0.2) is 8.42 Å². The molecule has 6 rings (SSSR count). The van der Waals surface area contributed by atoms with Crippen molar-refractivity contribution in [1.29, 1.82) is 0 Å². The topological polar surface area (TPSA) is 90.9 Å². The molecule has 4 aliphatic rings. The van der Waals surface area contributed by atoms with Crippen LogP contribution in [0.4, 0.5) is 13.2 Å². The van der Waals surface area contributed by atoms with Gasteiger partial charge in [0.05, 0.1) is 26.9 Å². The second-order valence-electron chi connectivity index (χ2n) is 11.5. The van der Waals surface area contributed by atoms with Gasteiger partial charge in [0.25, 0.3) is 0 Å². The van der Waals surface area contributed by atoms with Crippen LogP contribution in [0, 0.1) is 5.41 Å². The molecule has 2 aromatic carbocycles. The number of carbonyl (C=O) groups excluding carboxylic acids is 1. The van der Waals surface area contributed by atoms with Gasteiger partial charge in [-0.1, -0.05) is 47.5 Å². The van der Waals surface area contributed by atoms with Gasteiger partial charge in [0, 0.05) is 24.0 Å². The van der Waals surface area contributed by atoms with Crippen molar-refractivity contribution in [2.45, 2.75) is 74.3 Å². The molecule has 1 amide bonds. The van der Waals surface area contributed by atoms with Crippen LogP contribution in [0.3, 0.4) is 0 Å². The number of hydrogen-bond donors (Lipinski definition) is 2. The molecular formula is C27H29Cl2F3N4O3S. The third kappa shape index (κ3) is 5.21. The molecule has 0 aromatic heterocycles. The van der Waals surface area contributed by atoms with E-state index in [9.17, 15) is 26.4 Å². The van der Waals surface area contributed by atoms with Crippen LogP contribution in [0.1, 0.15) is 45.1 Å². The molecule has 216 valence electrons. The van der Waals surface area contributed by atoms with E-state index in [0.717, 1.165) is 0 Å². The fraction of sp³-hybridized carbons (Fsp3) is 0.481. The van der Waals surface area contributed by atoms with Crippen LogP contribution >= 0.6 is 23.2 Å². The molecule has 2 bridgehead atoms. The number of nitrogens with zero attached hydrogens (tertiary/aromatic N) is 2. The Labute approximate surface area is 241 Å². The summed E-state index contributed by atoms with van der Waals surface area (Å²) >= 11 is 12.3. The summed E-state index contributed by atoms with van der Waals surface area (Å²) in [5.41, 5.74) is -1.20. The van der Waals surface area contributed by atoms with Crippen molar-refractivity contribution in [1.82, 2.24) is 14.9 Å². The Morgan fingerprint density at radius 1 is 1.10 bits per heavy atom. The van der Waals surface area contributed by atoms with Crippen molar-refractivity contribution < 1.29 is 26.4 Å². The highest BCUT2D eigenvalue weighted by Crippen LogP contribution is 2.71. The van der Waals surface area contributed by atoms with Crippen LogP contribution in [0.2, 0.25) is 10.0 Å². The fourth-order valence-corrected chi connectivity index (χ4v) is 8.16. The number of hydrogen-bond acceptors (Lipinski definition) is 5. The van der Waals surface area contributed by atoms with E-state index in [2.05, 4.69) is 15.6 Å². The summed E-state index contributed by atoms with van der Waals surface area (Å²) in [6.07, 6.45) is -3.99. The largest absolute Gasteiger partial charge is 0.390 e. The van der Waals surface area contributed by atoms with Crippen LogP contribution in [0.25, 0.3) is 0 Å². The third-order valence-electron chi connectivity index (χ3n) is 8.01. The Morgan fingerprint density at radius 2 is 1.75 bits per heavy atom. The number of benzene rings is 2. The van der Waals surface area contributed by atoms with Crippen LogP contribution in [-0.2, 0) is 21.4 Å². The van der Waals surface area contributed by atoms with Gasteiger partial charge in [0.2, 0.25) is 15.9 Å². The molecule has 1 atom stereocenters. The zero-order valence-corrected chi connectivity index (χ0v) is 24.2. The lowest BCUT2D eigenvalue weighted by atomic mass is 9.38. The molecule has 13 heteroatoms. The van der Waals surface area contributed by atoms with E-state index in [-0.39, 0.29) is 11.4 Å². The number of amides is 1. The Balaban J connectivity index is 1.36. The molecule has 0 spiro atoms. The van der Waals surface area contributed by atoms with E-state index in [0.29, 0.717) is 40.7 Å². The first-order valence-corrected chi connectivity index (χ1v) is 15.0. The molecule has 7 nitrogen and oxygen atoms in total. The number of halogens is 5. The van der Waals surface area contributed by atoms with Gasteiger partial charge in [-0.2, -0.15) is 17.5 Å². The Morgan fingerprint density at radius 3 is 2.35 bits per heavy atom. The molecule has 40 heavy (non-hydrogen) atoms. The van der Waals surface area contributed by atoms with E-state index < -0.39 is 57.6 Å². The smallest absolute Gasteiger partial charge is 0.366 e. The average molecular weight is 618 g/mol. The molecule has 3 saturated carbocycles. The van der Waals surface area contributed by atoms with Crippen molar-refractivity contribution in [3.8, 4) is 0 Å². The second-order valence-corrected chi connectivity index (χ2v) is 14.2. The van der Waals surface area contributed by atoms with Crippen LogP contribution in [0.5, 0.6) is 0 Å². The first-order valence-electron chi connectivity index (χ1n) is 12.8. The van der Waals surface area contributed by atoms with E-state index in [1.54, 1.807) is 62.4 Å². The molecule has 0 saturated heterocycles. The van der Waals surface area contributed by atoms with E-state index >= 15 is 0 Å². The quantitative estimate of drug-likeness (QED) is 0.399. The molecular weight excluding hydrogens is 588 g/mol. The van der Waals surface area contributed by atoms with Gasteiger partial charge in [0.1, 0.15) is 5.84 Å². The number of amidine groups is 1. The first kappa shape index (κ1) is 29.2. The molecule has 1 heterocycles. The summed E-state index contributed by atoms with van der Waals surface area (Å²) in [5, 5.41) is 6.35. The van der Waals surface area contributed by atoms with E-state index in [1.807, 2.05) is 0 Å². The van der Waals surface area contributed by atoms with Crippen molar-refractivity contribution in [3.05, 3.63) is 64.1 Å². The lowest BCUT2D eigenvalue weighted by Gasteiger charge is -2.73. The highest BCUT2D eigenvalue weighted by Gasteiger charge is 2.75. The van der Waals surface area contributed by atoms with Gasteiger partial charge in [-0.15, -0.1) is 0 Å². The van der Waals surface area contributed by atoms with Crippen LogP contribution in [0.15, 0.2) is 58.4 Å². The SMILES string of the molecule is CC1(C)NC(C23CC(N(Cc4ccc(Cl)c(Cl)c4)S(=O)(=O)c4ccccc4)(C2)C3)=N[C@H]1C(=O)NCCC(F)(F)F. The number of aliphatic imine (C=N–C) groups is 1. The van der Waals surface area contributed by atoms with Gasteiger partial charge < -0.3 is 10.6 Å². The molecule has 1 aliphatic heterocycles. The van der Waals surface area contributed by atoms with Crippen molar-refractivity contribution >= 4 is 45.0 Å². The zero-order chi connectivity index (χ0) is 29.1. The van der Waals surface area contributed by atoms with Crippen molar-refractivity contribution in [3.63, 3.8) is 0 Å². The standard InChI is InChI=1S/C27H29Cl2F3N4O3S/c1-24(2)21(22(37)33-11-10-27(30,31)32)34-23(35-24)25-14-26(15-25,16-25)36(13-17-8-9-19(28)20(29)12-17)40(38,39)18-6-4-3-5-7-18/h3-9,12,21H,10-11,13-16H2,1-2H3,(H,33,37)(H,34,35)/t21-,25?,26?/m0/s1. The van der Waals surface area contributed by atoms with Crippen LogP contribution < -0.4 is 10.6 Å². The zero-order valence-electron chi connectivity index (χ0n) is 21.9. The maximum atomic E-state index is 13.9. The molecule has 3 fully saturated rings. The minimum Gasteiger partial charge on any atom is -0.366 e. The average Bonchev–Trinajstić information content (AvgIpc) is 3.13. The molecule has 2 N–H and O–H groups in total. The summed E-state index contributed by atoms with van der Waals surface area (Å²) in [7, 11) is -3.88. The van der Waals surface area contributed by atoms with Crippen molar-refractivity contribution in [2.24, 2.45) is 10.4 Å². The van der Waals surface area contributed by atoms with Gasteiger partial charge in [0.15, 0.2) is 6.04 Å². The lowest BCUT2D eigenvalue weighted by Crippen LogP contribution is -2.78. The summed E-state index contributed by atoms with van der Waals surface area (Å²) in [5.74, 6) is 0.0212. The minimum atomic E-state index is -4.37. The molecule has 0 unspecified atom stereocenters. The summed E-state index contributed by atoms with van der Waals surface area (Å²) in [6, 6.07) is 12.4. The monoisotopic (exact) mass is 616 g/mol. The number of alkyl halides is 3. The second kappa shape index (κ2) is 9.89. The Bertz CT molecular complexity index is 1450. The normalized spacial score (nSPS) is 26.9. The van der Waals surface area contributed by atoms with E-state index in [4.69, 9.17) is 23.2 Å². The molecule has 0 radical (unpaired) electrons. The number of rotatable bonds is 9. The van der Waals surface area contributed by atoms with Crippen LogP contribution in [-0.4, -0.2) is 54.3 Å². The Kier molecular flexibility index (Phi) is 7.21. The predicted molar refractivity (Wildman–Crippen MR) is 147 cm³/mol. The summed E-state index contributed by atoms with van der Waals surface area (Å²) in [4.78, 5) is 17.5. The third-order valence-corrected chi connectivity index (χ3v) is 10.7. The Hall–Kier alpha value is -2.34. The minimum absolute atomic E-state index is 0.0971. The van der Waals surface area contributed by atoms with Gasteiger partial charge >= 0.3 is 6.18 Å².